The van der Waals surface area contributed by atoms with Crippen LogP contribution in [-0.4, -0.2) is 35.9 Å². The zero-order valence-corrected chi connectivity index (χ0v) is 22.1. The minimum atomic E-state index is -0.849. The zero-order chi connectivity index (χ0) is 26.2. The first kappa shape index (κ1) is 26.4. The van der Waals surface area contributed by atoms with Gasteiger partial charge in [0, 0.05) is 25.1 Å². The summed E-state index contributed by atoms with van der Waals surface area (Å²) in [6.07, 6.45) is 0.284. The lowest BCUT2D eigenvalue weighted by Gasteiger charge is -2.31. The average molecular weight is 563 g/mol. The van der Waals surface area contributed by atoms with Crippen molar-refractivity contribution in [2.24, 2.45) is 0 Å². The minimum absolute atomic E-state index is 0.0671. The average Bonchev–Trinajstić information content (AvgIpc) is 2.92. The number of rotatable bonds is 10. The fourth-order valence-electron chi connectivity index (χ4n) is 4.20. The normalized spacial score (nSPS) is 11.6. The Morgan fingerprint density at radius 1 is 0.946 bits per heavy atom. The second kappa shape index (κ2) is 12.5. The van der Waals surface area contributed by atoms with Crippen molar-refractivity contribution in [3.05, 3.63) is 112 Å². The molecule has 2 amide bonds. The highest BCUT2D eigenvalue weighted by Crippen LogP contribution is 2.33. The molecule has 5 nitrogen and oxygen atoms in total. The maximum atomic E-state index is 14.6. The Kier molecular flexibility index (Phi) is 8.90. The van der Waals surface area contributed by atoms with Gasteiger partial charge in [0.1, 0.15) is 17.6 Å². The highest BCUT2D eigenvalue weighted by molar-refractivity contribution is 9.10. The molecule has 0 aliphatic rings. The fourth-order valence-corrected chi connectivity index (χ4v) is 4.81. The summed E-state index contributed by atoms with van der Waals surface area (Å²) in [7, 11) is 0. The fraction of sp³-hybridized carbons (Fsp3) is 0.200. The van der Waals surface area contributed by atoms with Crippen LogP contribution in [0.15, 0.2) is 95.5 Å². The number of nitrogens with zero attached hydrogens (tertiary/aromatic N) is 1. The molecule has 0 aromatic heterocycles. The topological polar surface area (TPSA) is 58.6 Å². The van der Waals surface area contributed by atoms with Gasteiger partial charge in [0.15, 0.2) is 6.61 Å². The molecule has 0 bridgehead atoms. The van der Waals surface area contributed by atoms with E-state index >= 15 is 0 Å². The summed E-state index contributed by atoms with van der Waals surface area (Å²) in [5.74, 6) is -0.651. The molecule has 1 N–H and O–H groups in total. The van der Waals surface area contributed by atoms with Crippen LogP contribution in [0.4, 0.5) is 4.39 Å². The third-order valence-electron chi connectivity index (χ3n) is 6.10. The number of carbonyl (C=O) groups is 2. The molecule has 4 rings (SSSR count). The van der Waals surface area contributed by atoms with Crippen LogP contribution in [-0.2, 0) is 22.6 Å². The summed E-state index contributed by atoms with van der Waals surface area (Å²) in [4.78, 5) is 28.2. The van der Waals surface area contributed by atoms with E-state index in [0.29, 0.717) is 17.9 Å². The lowest BCUT2D eigenvalue weighted by molar-refractivity contribution is -0.142. The van der Waals surface area contributed by atoms with Crippen molar-refractivity contribution in [2.75, 3.05) is 13.2 Å². The third-order valence-corrected chi connectivity index (χ3v) is 6.92. The van der Waals surface area contributed by atoms with Crippen LogP contribution in [0.1, 0.15) is 18.1 Å². The van der Waals surface area contributed by atoms with Crippen LogP contribution in [0, 0.1) is 5.82 Å². The number of ether oxygens (including phenoxy) is 1. The Morgan fingerprint density at radius 2 is 1.65 bits per heavy atom. The molecule has 0 aliphatic heterocycles. The first-order valence-corrected chi connectivity index (χ1v) is 12.9. The van der Waals surface area contributed by atoms with Gasteiger partial charge in [0.2, 0.25) is 5.91 Å². The summed E-state index contributed by atoms with van der Waals surface area (Å²) in [6, 6.07) is 26.4. The molecule has 0 aliphatic carbocycles. The third kappa shape index (κ3) is 6.54. The Morgan fingerprint density at radius 3 is 2.41 bits per heavy atom. The maximum Gasteiger partial charge on any atom is 0.261 e. The van der Waals surface area contributed by atoms with E-state index in [4.69, 9.17) is 4.74 Å². The second-order valence-electron chi connectivity index (χ2n) is 8.60. The van der Waals surface area contributed by atoms with Crippen LogP contribution in [0.5, 0.6) is 5.75 Å². The lowest BCUT2D eigenvalue weighted by Crippen LogP contribution is -2.51. The molecule has 0 fully saturated rings. The largest absolute Gasteiger partial charge is 0.483 e. The van der Waals surface area contributed by atoms with Crippen LogP contribution in [0.2, 0.25) is 0 Å². The maximum absolute atomic E-state index is 14.6. The van der Waals surface area contributed by atoms with E-state index in [2.05, 4.69) is 21.2 Å². The molecule has 0 radical (unpaired) electrons. The number of hydrogen-bond acceptors (Lipinski definition) is 3. The molecule has 0 heterocycles. The van der Waals surface area contributed by atoms with Gasteiger partial charge >= 0.3 is 0 Å². The molecule has 0 spiro atoms. The van der Waals surface area contributed by atoms with Crippen molar-refractivity contribution in [3.63, 3.8) is 0 Å². The standard InChI is InChI=1S/C30H28BrFN2O3/c1-2-33-30(36)26(18-21-10-4-3-5-11-21)34(19-23-13-7-9-15-25(23)32)28(35)20-37-27-17-16-22-12-6-8-14-24(22)29(27)31/h3-17,26H,2,18-20H2,1H3,(H,33,36). The zero-order valence-electron chi connectivity index (χ0n) is 20.5. The second-order valence-corrected chi connectivity index (χ2v) is 9.39. The van der Waals surface area contributed by atoms with Crippen molar-refractivity contribution in [2.45, 2.75) is 25.9 Å². The highest BCUT2D eigenvalue weighted by Gasteiger charge is 2.31. The predicted molar refractivity (Wildman–Crippen MR) is 147 cm³/mol. The summed E-state index contributed by atoms with van der Waals surface area (Å²) in [5.41, 5.74) is 1.22. The van der Waals surface area contributed by atoms with Crippen LogP contribution >= 0.6 is 15.9 Å². The van der Waals surface area contributed by atoms with E-state index in [1.54, 1.807) is 24.3 Å². The molecule has 4 aromatic rings. The van der Waals surface area contributed by atoms with Crippen LogP contribution < -0.4 is 10.1 Å². The number of amides is 2. The molecular weight excluding hydrogens is 535 g/mol. The molecule has 7 heteroatoms. The quantitative estimate of drug-likeness (QED) is 0.262. The van der Waals surface area contributed by atoms with E-state index in [0.717, 1.165) is 20.8 Å². The van der Waals surface area contributed by atoms with Gasteiger partial charge in [-0.3, -0.25) is 9.59 Å². The predicted octanol–water partition coefficient (Wildman–Crippen LogP) is 5.90. The monoisotopic (exact) mass is 562 g/mol. The molecule has 0 saturated carbocycles. The molecule has 0 saturated heterocycles. The number of likely N-dealkylation sites (N-methyl/N-ethyl adjacent to an activating group) is 1. The van der Waals surface area contributed by atoms with Gasteiger partial charge in [-0.1, -0.05) is 78.9 Å². The van der Waals surface area contributed by atoms with Gasteiger partial charge in [-0.2, -0.15) is 0 Å². The van der Waals surface area contributed by atoms with E-state index < -0.39 is 17.8 Å². The Bertz CT molecular complexity index is 1380. The van der Waals surface area contributed by atoms with E-state index in [-0.39, 0.29) is 25.5 Å². The summed E-state index contributed by atoms with van der Waals surface area (Å²) in [5, 5.41) is 4.82. The van der Waals surface area contributed by atoms with Crippen molar-refractivity contribution in [3.8, 4) is 5.75 Å². The number of nitrogens with one attached hydrogen (secondary N) is 1. The summed E-state index contributed by atoms with van der Waals surface area (Å²) < 4.78 is 21.3. The SMILES string of the molecule is CCNC(=O)C(Cc1ccccc1)N(Cc1ccccc1F)C(=O)COc1ccc2ccccc2c1Br. The first-order chi connectivity index (χ1) is 18.0. The van der Waals surface area contributed by atoms with Gasteiger partial charge in [-0.05, 0) is 51.3 Å². The molecular formula is C30H28BrFN2O3. The summed E-state index contributed by atoms with van der Waals surface area (Å²) in [6.45, 7) is 1.85. The van der Waals surface area contributed by atoms with Gasteiger partial charge in [-0.25, -0.2) is 4.39 Å². The molecule has 1 atom stereocenters. The van der Waals surface area contributed by atoms with E-state index in [9.17, 15) is 14.0 Å². The molecule has 37 heavy (non-hydrogen) atoms. The number of benzene rings is 4. The number of carbonyl (C=O) groups excluding carboxylic acids is 2. The summed E-state index contributed by atoms with van der Waals surface area (Å²) >= 11 is 3.59. The molecule has 1 unspecified atom stereocenters. The van der Waals surface area contributed by atoms with Crippen molar-refractivity contribution in [1.82, 2.24) is 10.2 Å². The van der Waals surface area contributed by atoms with Crippen molar-refractivity contribution in [1.29, 1.82) is 0 Å². The minimum Gasteiger partial charge on any atom is -0.483 e. The smallest absolute Gasteiger partial charge is 0.261 e. The Labute approximate surface area is 224 Å². The van der Waals surface area contributed by atoms with Crippen LogP contribution in [0.3, 0.4) is 0 Å². The van der Waals surface area contributed by atoms with Gasteiger partial charge in [-0.15, -0.1) is 0 Å². The van der Waals surface area contributed by atoms with Crippen molar-refractivity contribution >= 4 is 38.5 Å². The van der Waals surface area contributed by atoms with Crippen molar-refractivity contribution < 1.29 is 18.7 Å². The van der Waals surface area contributed by atoms with E-state index in [1.165, 1.54) is 11.0 Å². The van der Waals surface area contributed by atoms with Gasteiger partial charge in [0.25, 0.3) is 5.91 Å². The van der Waals surface area contributed by atoms with E-state index in [1.807, 2.05) is 67.6 Å². The lowest BCUT2D eigenvalue weighted by atomic mass is 10.0. The van der Waals surface area contributed by atoms with Gasteiger partial charge in [0.05, 0.1) is 4.47 Å². The highest BCUT2D eigenvalue weighted by atomic mass is 79.9. The van der Waals surface area contributed by atoms with Gasteiger partial charge < -0.3 is 15.0 Å². The number of hydrogen-bond donors (Lipinski definition) is 1. The Hall–Kier alpha value is -3.71. The number of halogens is 2. The molecule has 190 valence electrons. The van der Waals surface area contributed by atoms with Crippen LogP contribution in [0.25, 0.3) is 10.8 Å². The molecule has 4 aromatic carbocycles. The number of fused-ring (bicyclic) bond motifs is 1. The Balaban J connectivity index is 1.63. The first-order valence-electron chi connectivity index (χ1n) is 12.1.